The minimum Gasteiger partial charge on any atom is -0.127 e. The van der Waals surface area contributed by atoms with Crippen LogP contribution in [0, 0.1) is 6.92 Å². The van der Waals surface area contributed by atoms with Crippen LogP contribution in [0.3, 0.4) is 0 Å². The van der Waals surface area contributed by atoms with E-state index in [1.807, 2.05) is 6.92 Å². The summed E-state index contributed by atoms with van der Waals surface area (Å²) in [5.41, 5.74) is 3.99. The van der Waals surface area contributed by atoms with Crippen LogP contribution in [0.1, 0.15) is 18.1 Å². The molecule has 0 aromatic heterocycles. The SMILES string of the molecule is C=C(CSC(=C)C)Cc1ccccc1C. The van der Waals surface area contributed by atoms with Gasteiger partial charge in [0.1, 0.15) is 0 Å². The molecule has 1 aromatic rings. The van der Waals surface area contributed by atoms with Crippen LogP contribution >= 0.6 is 11.8 Å². The molecule has 0 N–H and O–H groups in total. The van der Waals surface area contributed by atoms with Crippen molar-refractivity contribution in [1.82, 2.24) is 0 Å². The van der Waals surface area contributed by atoms with Crippen molar-refractivity contribution >= 4 is 11.8 Å². The van der Waals surface area contributed by atoms with Crippen LogP contribution in [0.5, 0.6) is 0 Å². The first kappa shape index (κ1) is 12.1. The van der Waals surface area contributed by atoms with Crippen molar-refractivity contribution in [3.63, 3.8) is 0 Å². The monoisotopic (exact) mass is 218 g/mol. The molecule has 0 atom stereocenters. The lowest BCUT2D eigenvalue weighted by atomic mass is 10.0. The van der Waals surface area contributed by atoms with E-state index in [-0.39, 0.29) is 0 Å². The Morgan fingerprint density at radius 3 is 2.53 bits per heavy atom. The standard InChI is InChI=1S/C14H18S/c1-11(2)15-10-12(3)9-14-8-6-5-7-13(14)4/h5-8H,1,3,9-10H2,2,4H3. The number of rotatable bonds is 5. The lowest BCUT2D eigenvalue weighted by Gasteiger charge is -2.08. The summed E-state index contributed by atoms with van der Waals surface area (Å²) in [7, 11) is 0. The number of thioether (sulfide) groups is 1. The fourth-order valence-corrected chi connectivity index (χ4v) is 1.91. The molecule has 0 spiro atoms. The third-order valence-electron chi connectivity index (χ3n) is 2.22. The molecule has 0 fully saturated rings. The van der Waals surface area contributed by atoms with Gasteiger partial charge in [-0.1, -0.05) is 43.0 Å². The molecule has 0 unspecified atom stereocenters. The molecule has 0 radical (unpaired) electrons. The third-order valence-corrected chi connectivity index (χ3v) is 3.27. The Balaban J connectivity index is 2.52. The van der Waals surface area contributed by atoms with Gasteiger partial charge in [0, 0.05) is 5.75 Å². The second kappa shape index (κ2) is 5.82. The highest BCUT2D eigenvalue weighted by Crippen LogP contribution is 2.19. The van der Waals surface area contributed by atoms with E-state index in [0.717, 1.165) is 17.1 Å². The molecule has 15 heavy (non-hydrogen) atoms. The number of hydrogen-bond donors (Lipinski definition) is 0. The molecule has 0 aliphatic heterocycles. The first-order valence-electron chi connectivity index (χ1n) is 5.09. The van der Waals surface area contributed by atoms with Crippen LogP contribution in [0.25, 0.3) is 0 Å². The van der Waals surface area contributed by atoms with E-state index < -0.39 is 0 Å². The summed E-state index contributed by atoms with van der Waals surface area (Å²) < 4.78 is 0. The van der Waals surface area contributed by atoms with Crippen molar-refractivity contribution < 1.29 is 0 Å². The van der Waals surface area contributed by atoms with Gasteiger partial charge in [-0.3, -0.25) is 0 Å². The Kier molecular flexibility index (Phi) is 4.70. The molecule has 0 saturated heterocycles. The minimum atomic E-state index is 0.976. The molecule has 0 heterocycles. The molecule has 1 heteroatoms. The lowest BCUT2D eigenvalue weighted by Crippen LogP contribution is -1.94. The zero-order valence-electron chi connectivity index (χ0n) is 9.55. The second-order valence-electron chi connectivity index (χ2n) is 3.84. The first-order chi connectivity index (χ1) is 7.09. The summed E-state index contributed by atoms with van der Waals surface area (Å²) >= 11 is 1.77. The maximum atomic E-state index is 4.10. The molecule has 0 saturated carbocycles. The summed E-state index contributed by atoms with van der Waals surface area (Å²) in [6.45, 7) is 12.2. The van der Waals surface area contributed by atoms with Gasteiger partial charge in [0.15, 0.2) is 0 Å². The zero-order chi connectivity index (χ0) is 11.3. The summed E-state index contributed by atoms with van der Waals surface area (Å²) in [6, 6.07) is 8.48. The van der Waals surface area contributed by atoms with Crippen molar-refractivity contribution in [1.29, 1.82) is 0 Å². The van der Waals surface area contributed by atoms with Crippen LogP contribution < -0.4 is 0 Å². The van der Waals surface area contributed by atoms with Gasteiger partial charge in [-0.05, 0) is 36.3 Å². The van der Waals surface area contributed by atoms with E-state index in [1.54, 1.807) is 11.8 Å². The maximum absolute atomic E-state index is 4.10. The highest BCUT2D eigenvalue weighted by molar-refractivity contribution is 8.03. The Hall–Kier alpha value is -0.950. The summed E-state index contributed by atoms with van der Waals surface area (Å²) in [5, 5.41) is 0. The van der Waals surface area contributed by atoms with Crippen molar-refractivity contribution in [2.75, 3.05) is 5.75 Å². The van der Waals surface area contributed by atoms with Crippen LogP contribution in [0.15, 0.2) is 47.9 Å². The quantitative estimate of drug-likeness (QED) is 0.662. The molecular weight excluding hydrogens is 200 g/mol. The van der Waals surface area contributed by atoms with Crippen LogP contribution in [-0.4, -0.2) is 5.75 Å². The van der Waals surface area contributed by atoms with E-state index in [2.05, 4.69) is 44.3 Å². The maximum Gasteiger partial charge on any atom is 0.0187 e. The molecule has 80 valence electrons. The van der Waals surface area contributed by atoms with Gasteiger partial charge in [0.05, 0.1) is 0 Å². The molecule has 1 aromatic carbocycles. The van der Waals surface area contributed by atoms with Gasteiger partial charge in [-0.2, -0.15) is 0 Å². The van der Waals surface area contributed by atoms with Gasteiger partial charge in [-0.25, -0.2) is 0 Å². The van der Waals surface area contributed by atoms with Gasteiger partial charge < -0.3 is 0 Å². The van der Waals surface area contributed by atoms with E-state index in [1.165, 1.54) is 16.7 Å². The summed E-state index contributed by atoms with van der Waals surface area (Å²) in [6.07, 6.45) is 0.979. The van der Waals surface area contributed by atoms with E-state index in [4.69, 9.17) is 0 Å². The van der Waals surface area contributed by atoms with Crippen molar-refractivity contribution in [3.8, 4) is 0 Å². The molecule has 0 amide bonds. The molecule has 0 aliphatic rings. The van der Waals surface area contributed by atoms with Crippen LogP contribution in [0.4, 0.5) is 0 Å². The van der Waals surface area contributed by atoms with Gasteiger partial charge in [0.25, 0.3) is 0 Å². The van der Waals surface area contributed by atoms with Crippen LogP contribution in [-0.2, 0) is 6.42 Å². The number of benzene rings is 1. The fraction of sp³-hybridized carbons (Fsp3) is 0.286. The van der Waals surface area contributed by atoms with E-state index >= 15 is 0 Å². The Bertz CT molecular complexity index is 363. The molecule has 0 nitrogen and oxygen atoms in total. The number of aryl methyl sites for hydroxylation is 1. The van der Waals surface area contributed by atoms with E-state index in [0.29, 0.717) is 0 Å². The summed E-state index contributed by atoms with van der Waals surface area (Å²) in [5.74, 6) is 0.976. The predicted octanol–water partition coefficient (Wildman–Crippen LogP) is 4.36. The Morgan fingerprint density at radius 2 is 1.93 bits per heavy atom. The van der Waals surface area contributed by atoms with Gasteiger partial charge in [-0.15, -0.1) is 11.8 Å². The fourth-order valence-electron chi connectivity index (χ4n) is 1.35. The number of hydrogen-bond acceptors (Lipinski definition) is 1. The highest BCUT2D eigenvalue weighted by Gasteiger charge is 2.00. The van der Waals surface area contributed by atoms with Crippen molar-refractivity contribution in [2.45, 2.75) is 20.3 Å². The largest absolute Gasteiger partial charge is 0.127 e. The number of allylic oxidation sites excluding steroid dienone is 1. The topological polar surface area (TPSA) is 0 Å². The second-order valence-corrected chi connectivity index (χ2v) is 5.12. The third kappa shape index (κ3) is 4.39. The highest BCUT2D eigenvalue weighted by atomic mass is 32.2. The molecular formula is C14H18S. The Morgan fingerprint density at radius 1 is 1.27 bits per heavy atom. The molecule has 0 bridgehead atoms. The average Bonchev–Trinajstić information content (AvgIpc) is 2.18. The normalized spacial score (nSPS) is 10.0. The molecule has 0 aliphatic carbocycles. The summed E-state index contributed by atoms with van der Waals surface area (Å²) in [4.78, 5) is 1.15. The van der Waals surface area contributed by atoms with Crippen molar-refractivity contribution in [3.05, 3.63) is 59.0 Å². The average molecular weight is 218 g/mol. The van der Waals surface area contributed by atoms with Gasteiger partial charge in [0.2, 0.25) is 0 Å². The van der Waals surface area contributed by atoms with E-state index in [9.17, 15) is 0 Å². The first-order valence-corrected chi connectivity index (χ1v) is 6.07. The Labute approximate surface area is 97.1 Å². The minimum absolute atomic E-state index is 0.976. The van der Waals surface area contributed by atoms with Crippen LogP contribution in [0.2, 0.25) is 0 Å². The van der Waals surface area contributed by atoms with Gasteiger partial charge >= 0.3 is 0 Å². The zero-order valence-corrected chi connectivity index (χ0v) is 10.4. The smallest absolute Gasteiger partial charge is 0.0187 e. The lowest BCUT2D eigenvalue weighted by molar-refractivity contribution is 1.13. The predicted molar refractivity (Wildman–Crippen MR) is 71.3 cm³/mol. The van der Waals surface area contributed by atoms with Crippen molar-refractivity contribution in [2.24, 2.45) is 0 Å². The molecule has 1 rings (SSSR count).